The van der Waals surface area contributed by atoms with Crippen molar-refractivity contribution >= 4 is 42.1 Å². The Morgan fingerprint density at radius 3 is 2.32 bits per heavy atom. The van der Waals surface area contributed by atoms with Gasteiger partial charge in [-0.15, -0.1) is 0 Å². The number of amides is 2. The number of halogens is 2. The molecule has 2 rings (SSSR count). The van der Waals surface area contributed by atoms with Gasteiger partial charge in [-0.1, -0.05) is 43.1 Å². The summed E-state index contributed by atoms with van der Waals surface area (Å²) in [4.78, 5) is 26.2. The van der Waals surface area contributed by atoms with Crippen molar-refractivity contribution in [2.75, 3.05) is 14.2 Å². The fourth-order valence-corrected chi connectivity index (χ4v) is 3.78. The monoisotopic (exact) mass is 510 g/mol. The lowest BCUT2D eigenvalue weighted by Crippen LogP contribution is -2.55. The van der Waals surface area contributed by atoms with E-state index >= 15 is 0 Å². The molecule has 8 nitrogen and oxygen atoms in total. The first-order chi connectivity index (χ1) is 16.0. The Morgan fingerprint density at radius 1 is 1.03 bits per heavy atom. The number of methoxy groups -OCH3 is 2. The SMILES string of the molecule is COc1ccc(C[C@H](NC(=O)c2cc(Cl)ccc2Cl)C(=O)N[C@@H](CC(C)C)B(O)O)c(OC)c1. The highest BCUT2D eigenvalue weighted by molar-refractivity contribution is 6.43. The first-order valence-corrected chi connectivity index (χ1v) is 11.4. The minimum Gasteiger partial charge on any atom is -0.497 e. The number of hydrogen-bond donors (Lipinski definition) is 4. The van der Waals surface area contributed by atoms with E-state index in [2.05, 4.69) is 10.6 Å². The third-order valence-corrected chi connectivity index (χ3v) is 5.69. The number of hydrogen-bond acceptors (Lipinski definition) is 6. The highest BCUT2D eigenvalue weighted by atomic mass is 35.5. The zero-order valence-electron chi connectivity index (χ0n) is 19.5. The van der Waals surface area contributed by atoms with Crippen LogP contribution in [-0.4, -0.2) is 55.2 Å². The van der Waals surface area contributed by atoms with Crippen molar-refractivity contribution in [3.63, 3.8) is 0 Å². The molecule has 2 amide bonds. The largest absolute Gasteiger partial charge is 0.497 e. The van der Waals surface area contributed by atoms with Crippen molar-refractivity contribution in [3.05, 3.63) is 57.6 Å². The standard InChI is InChI=1S/C23H29BCl2N2O6/c1-13(2)9-21(24(31)32)28-23(30)19(10-14-5-7-16(33-3)12-20(14)34-4)27-22(29)17-11-15(25)6-8-18(17)26/h5-8,11-13,19,21,31-32H,9-10H2,1-4H3,(H,27,29)(H,28,30)/t19-,21-/m0/s1. The average Bonchev–Trinajstić information content (AvgIpc) is 2.79. The number of carbonyl (C=O) groups is 2. The molecule has 34 heavy (non-hydrogen) atoms. The van der Waals surface area contributed by atoms with Crippen molar-refractivity contribution in [3.8, 4) is 11.5 Å². The molecule has 0 aliphatic heterocycles. The third kappa shape index (κ3) is 7.80. The molecule has 2 aromatic carbocycles. The molecule has 0 aliphatic carbocycles. The van der Waals surface area contributed by atoms with E-state index in [9.17, 15) is 19.6 Å². The van der Waals surface area contributed by atoms with Crippen LogP contribution >= 0.6 is 23.2 Å². The van der Waals surface area contributed by atoms with Gasteiger partial charge in [0.15, 0.2) is 0 Å². The quantitative estimate of drug-likeness (QED) is 0.345. The molecule has 2 atom stereocenters. The fourth-order valence-electron chi connectivity index (χ4n) is 3.40. The molecule has 0 bridgehead atoms. The van der Waals surface area contributed by atoms with E-state index < -0.39 is 30.9 Å². The Balaban J connectivity index is 2.36. The first kappa shape index (κ1) is 27.8. The second-order valence-corrected chi connectivity index (χ2v) is 9.03. The summed E-state index contributed by atoms with van der Waals surface area (Å²) in [6, 6.07) is 8.45. The van der Waals surface area contributed by atoms with Crippen molar-refractivity contribution < 1.29 is 29.1 Å². The number of benzene rings is 2. The van der Waals surface area contributed by atoms with E-state index in [-0.39, 0.29) is 22.9 Å². The number of ether oxygens (including phenoxy) is 2. The number of rotatable bonds is 11. The Hall–Kier alpha value is -2.46. The van der Waals surface area contributed by atoms with Gasteiger partial charge >= 0.3 is 7.12 Å². The van der Waals surface area contributed by atoms with Gasteiger partial charge in [0.25, 0.3) is 5.91 Å². The van der Waals surface area contributed by atoms with Crippen LogP contribution in [-0.2, 0) is 11.2 Å². The summed E-state index contributed by atoms with van der Waals surface area (Å²) >= 11 is 12.2. The van der Waals surface area contributed by atoms with Crippen LogP contribution in [0.3, 0.4) is 0 Å². The average molecular weight is 511 g/mol. The molecule has 2 aromatic rings. The van der Waals surface area contributed by atoms with Gasteiger partial charge in [0, 0.05) is 17.5 Å². The van der Waals surface area contributed by atoms with E-state index in [4.69, 9.17) is 32.7 Å². The Morgan fingerprint density at radius 2 is 1.74 bits per heavy atom. The minimum atomic E-state index is -1.76. The van der Waals surface area contributed by atoms with E-state index in [1.807, 2.05) is 13.8 Å². The van der Waals surface area contributed by atoms with Crippen LogP contribution in [0, 0.1) is 5.92 Å². The zero-order chi connectivity index (χ0) is 25.4. The number of nitrogens with one attached hydrogen (secondary N) is 2. The van der Waals surface area contributed by atoms with Crippen LogP contribution in [0.1, 0.15) is 36.2 Å². The molecule has 0 unspecified atom stereocenters. The van der Waals surface area contributed by atoms with Crippen molar-refractivity contribution in [2.45, 2.75) is 38.7 Å². The van der Waals surface area contributed by atoms with E-state index in [0.29, 0.717) is 28.5 Å². The lowest BCUT2D eigenvalue weighted by atomic mass is 9.75. The van der Waals surface area contributed by atoms with Gasteiger partial charge in [-0.25, -0.2) is 0 Å². The molecule has 184 valence electrons. The summed E-state index contributed by atoms with van der Waals surface area (Å²) in [5, 5.41) is 25.3. The predicted octanol–water partition coefficient (Wildman–Crippen LogP) is 2.89. The highest BCUT2D eigenvalue weighted by Crippen LogP contribution is 2.26. The Bertz CT molecular complexity index is 1010. The maximum atomic E-state index is 13.2. The van der Waals surface area contributed by atoms with Gasteiger partial charge in [-0.3, -0.25) is 9.59 Å². The van der Waals surface area contributed by atoms with Gasteiger partial charge in [-0.05, 0) is 42.2 Å². The zero-order valence-corrected chi connectivity index (χ0v) is 21.0. The normalized spacial score (nSPS) is 12.6. The molecular formula is C23H29BCl2N2O6. The van der Waals surface area contributed by atoms with E-state index in [0.717, 1.165) is 0 Å². The van der Waals surface area contributed by atoms with Gasteiger partial charge < -0.3 is 30.2 Å². The maximum absolute atomic E-state index is 13.2. The van der Waals surface area contributed by atoms with Crippen LogP contribution in [0.15, 0.2) is 36.4 Å². The lowest BCUT2D eigenvalue weighted by Gasteiger charge is -2.25. The van der Waals surface area contributed by atoms with Crippen LogP contribution < -0.4 is 20.1 Å². The van der Waals surface area contributed by atoms with Gasteiger partial charge in [-0.2, -0.15) is 0 Å². The maximum Gasteiger partial charge on any atom is 0.475 e. The molecule has 0 saturated carbocycles. The van der Waals surface area contributed by atoms with Gasteiger partial charge in [0.05, 0.1) is 30.7 Å². The van der Waals surface area contributed by atoms with Gasteiger partial charge in [0.2, 0.25) is 5.91 Å². The minimum absolute atomic E-state index is 0.0544. The van der Waals surface area contributed by atoms with Gasteiger partial charge in [0.1, 0.15) is 17.5 Å². The van der Waals surface area contributed by atoms with Crippen LogP contribution in [0.4, 0.5) is 0 Å². The molecule has 0 fully saturated rings. The first-order valence-electron chi connectivity index (χ1n) is 10.7. The molecule has 0 aliphatic rings. The highest BCUT2D eigenvalue weighted by Gasteiger charge is 2.31. The lowest BCUT2D eigenvalue weighted by molar-refractivity contribution is -0.123. The van der Waals surface area contributed by atoms with E-state index in [1.54, 1.807) is 24.3 Å². The second kappa shape index (κ2) is 12.9. The summed E-state index contributed by atoms with van der Waals surface area (Å²) in [7, 11) is 1.24. The molecule has 0 saturated heterocycles. The molecule has 0 aromatic heterocycles. The summed E-state index contributed by atoms with van der Waals surface area (Å²) in [5.74, 6) is -0.996. The summed E-state index contributed by atoms with van der Waals surface area (Å²) in [6.45, 7) is 3.79. The molecule has 0 heterocycles. The third-order valence-electron chi connectivity index (χ3n) is 5.13. The number of carbonyl (C=O) groups excluding carboxylic acids is 2. The molecule has 0 spiro atoms. The molecule has 0 radical (unpaired) electrons. The topological polar surface area (TPSA) is 117 Å². The Labute approximate surface area is 209 Å². The second-order valence-electron chi connectivity index (χ2n) is 8.19. The Kier molecular flexibility index (Phi) is 10.5. The summed E-state index contributed by atoms with van der Waals surface area (Å²) < 4.78 is 10.6. The van der Waals surface area contributed by atoms with E-state index in [1.165, 1.54) is 26.4 Å². The smallest absolute Gasteiger partial charge is 0.475 e. The molecule has 11 heteroatoms. The predicted molar refractivity (Wildman–Crippen MR) is 133 cm³/mol. The summed E-state index contributed by atoms with van der Waals surface area (Å²) in [6.07, 6.45) is 0.384. The van der Waals surface area contributed by atoms with Crippen molar-refractivity contribution in [2.24, 2.45) is 5.92 Å². The molecule has 4 N–H and O–H groups in total. The summed E-state index contributed by atoms with van der Waals surface area (Å²) in [5.41, 5.74) is 0.737. The van der Waals surface area contributed by atoms with Crippen LogP contribution in [0.2, 0.25) is 10.0 Å². The fraction of sp³-hybridized carbons (Fsp3) is 0.391. The van der Waals surface area contributed by atoms with Crippen LogP contribution in [0.25, 0.3) is 0 Å². The van der Waals surface area contributed by atoms with Crippen LogP contribution in [0.5, 0.6) is 11.5 Å². The van der Waals surface area contributed by atoms with Crippen molar-refractivity contribution in [1.29, 1.82) is 0 Å². The molecular weight excluding hydrogens is 482 g/mol. The van der Waals surface area contributed by atoms with Crippen molar-refractivity contribution in [1.82, 2.24) is 10.6 Å².